The zero-order valence-corrected chi connectivity index (χ0v) is 8.42. The van der Waals surface area contributed by atoms with Crippen molar-refractivity contribution in [3.63, 3.8) is 0 Å². The maximum atomic E-state index is 5.45. The van der Waals surface area contributed by atoms with E-state index >= 15 is 0 Å². The summed E-state index contributed by atoms with van der Waals surface area (Å²) in [5.74, 6) is 0.631. The maximum Gasteiger partial charge on any atom is 0.0102 e. The van der Waals surface area contributed by atoms with E-state index in [1.807, 2.05) is 0 Å². The van der Waals surface area contributed by atoms with Crippen LogP contribution in [0.1, 0.15) is 19.8 Å². The molecule has 0 aliphatic carbocycles. The summed E-state index contributed by atoms with van der Waals surface area (Å²) in [6.45, 7) is 8.86. The molecule has 0 aromatic heterocycles. The van der Waals surface area contributed by atoms with Crippen molar-refractivity contribution >= 4 is 0 Å². The van der Waals surface area contributed by atoms with Crippen molar-refractivity contribution in [3.8, 4) is 0 Å². The van der Waals surface area contributed by atoms with Crippen LogP contribution in [0.4, 0.5) is 0 Å². The molecular weight excluding hydrogens is 148 g/mol. The van der Waals surface area contributed by atoms with E-state index in [-0.39, 0.29) is 0 Å². The van der Waals surface area contributed by atoms with Gasteiger partial charge in [0, 0.05) is 19.6 Å². The molecule has 0 saturated heterocycles. The molecule has 0 amide bonds. The normalized spacial score (nSPS) is 13.3. The van der Waals surface area contributed by atoms with E-state index < -0.39 is 0 Å². The van der Waals surface area contributed by atoms with Crippen LogP contribution in [0.25, 0.3) is 0 Å². The number of hydrogen-bond donors (Lipinski definition) is 1. The first-order valence-corrected chi connectivity index (χ1v) is 4.75. The molecule has 12 heavy (non-hydrogen) atoms. The lowest BCUT2D eigenvalue weighted by atomic mass is 10.0. The highest BCUT2D eigenvalue weighted by atomic mass is 15.1. The Bertz CT molecular complexity index is 112. The standard InChI is InChI=1S/C10H22N2/c1-4-6-10(5-2)9-12(3)8-7-11/h5,10H,2,4,6-9,11H2,1,3H3. The number of likely N-dealkylation sites (N-methyl/N-ethyl adjacent to an activating group) is 1. The first-order chi connectivity index (χ1) is 5.74. The van der Waals surface area contributed by atoms with Gasteiger partial charge < -0.3 is 10.6 Å². The average molecular weight is 170 g/mol. The van der Waals surface area contributed by atoms with Gasteiger partial charge in [0.2, 0.25) is 0 Å². The highest BCUT2D eigenvalue weighted by molar-refractivity contribution is 4.80. The predicted octanol–water partition coefficient (Wildman–Crippen LogP) is 1.48. The minimum Gasteiger partial charge on any atom is -0.329 e. The summed E-state index contributed by atoms with van der Waals surface area (Å²) in [7, 11) is 2.11. The third-order valence-electron chi connectivity index (χ3n) is 2.05. The molecule has 72 valence electrons. The van der Waals surface area contributed by atoms with Crippen molar-refractivity contribution in [1.82, 2.24) is 4.90 Å². The third-order valence-corrected chi connectivity index (χ3v) is 2.05. The SMILES string of the molecule is C=CC(CCC)CN(C)CCN. The van der Waals surface area contributed by atoms with Crippen molar-refractivity contribution in [3.05, 3.63) is 12.7 Å². The van der Waals surface area contributed by atoms with Crippen molar-refractivity contribution in [2.24, 2.45) is 11.7 Å². The lowest BCUT2D eigenvalue weighted by Gasteiger charge is -2.20. The molecule has 0 aromatic carbocycles. The Hall–Kier alpha value is -0.340. The first kappa shape index (κ1) is 11.7. The van der Waals surface area contributed by atoms with E-state index in [1.54, 1.807) is 0 Å². The quantitative estimate of drug-likeness (QED) is 0.586. The molecule has 0 aliphatic rings. The number of hydrogen-bond acceptors (Lipinski definition) is 2. The van der Waals surface area contributed by atoms with Crippen LogP contribution in [0.5, 0.6) is 0 Å². The maximum absolute atomic E-state index is 5.45. The monoisotopic (exact) mass is 170 g/mol. The molecule has 2 heteroatoms. The second-order valence-electron chi connectivity index (χ2n) is 3.34. The summed E-state index contributed by atoms with van der Waals surface area (Å²) >= 11 is 0. The molecule has 0 spiro atoms. The Kier molecular flexibility index (Phi) is 7.11. The molecule has 0 saturated carbocycles. The average Bonchev–Trinajstić information content (AvgIpc) is 2.04. The second kappa shape index (κ2) is 7.32. The fourth-order valence-electron chi connectivity index (χ4n) is 1.37. The highest BCUT2D eigenvalue weighted by Crippen LogP contribution is 2.08. The number of nitrogens with two attached hydrogens (primary N) is 1. The largest absolute Gasteiger partial charge is 0.329 e. The van der Waals surface area contributed by atoms with Gasteiger partial charge in [0.15, 0.2) is 0 Å². The Labute approximate surface area is 76.4 Å². The lowest BCUT2D eigenvalue weighted by molar-refractivity contribution is 0.299. The van der Waals surface area contributed by atoms with Gasteiger partial charge in [-0.1, -0.05) is 19.4 Å². The molecule has 0 radical (unpaired) electrons. The summed E-state index contributed by atoms with van der Waals surface area (Å²) in [6.07, 6.45) is 4.52. The van der Waals surface area contributed by atoms with Gasteiger partial charge in [-0.3, -0.25) is 0 Å². The zero-order chi connectivity index (χ0) is 9.40. The summed E-state index contributed by atoms with van der Waals surface area (Å²) < 4.78 is 0. The molecule has 0 heterocycles. The number of nitrogens with zero attached hydrogens (tertiary/aromatic N) is 1. The van der Waals surface area contributed by atoms with Gasteiger partial charge >= 0.3 is 0 Å². The molecule has 1 atom stereocenters. The van der Waals surface area contributed by atoms with Crippen molar-refractivity contribution < 1.29 is 0 Å². The van der Waals surface area contributed by atoms with Crippen LogP contribution in [0.2, 0.25) is 0 Å². The van der Waals surface area contributed by atoms with Crippen LogP contribution < -0.4 is 5.73 Å². The molecule has 2 nitrogen and oxygen atoms in total. The first-order valence-electron chi connectivity index (χ1n) is 4.75. The minimum atomic E-state index is 0.631. The van der Waals surface area contributed by atoms with Gasteiger partial charge in [0.25, 0.3) is 0 Å². The van der Waals surface area contributed by atoms with E-state index in [9.17, 15) is 0 Å². The summed E-state index contributed by atoms with van der Waals surface area (Å²) in [6, 6.07) is 0. The molecule has 0 rings (SSSR count). The molecule has 1 unspecified atom stereocenters. The van der Waals surface area contributed by atoms with Crippen molar-refractivity contribution in [1.29, 1.82) is 0 Å². The fraction of sp³-hybridized carbons (Fsp3) is 0.800. The molecule has 0 aromatic rings. The Morgan fingerprint density at radius 3 is 2.67 bits per heavy atom. The molecular formula is C10H22N2. The van der Waals surface area contributed by atoms with Crippen LogP contribution in [0.15, 0.2) is 12.7 Å². The predicted molar refractivity (Wildman–Crippen MR) is 55.1 cm³/mol. The van der Waals surface area contributed by atoms with Gasteiger partial charge in [-0.15, -0.1) is 6.58 Å². The van der Waals surface area contributed by atoms with E-state index in [0.29, 0.717) is 5.92 Å². The smallest absolute Gasteiger partial charge is 0.0102 e. The summed E-state index contributed by atoms with van der Waals surface area (Å²) in [4.78, 5) is 2.27. The van der Waals surface area contributed by atoms with E-state index in [4.69, 9.17) is 5.73 Å². The Morgan fingerprint density at radius 2 is 2.25 bits per heavy atom. The van der Waals surface area contributed by atoms with Gasteiger partial charge in [0.05, 0.1) is 0 Å². The van der Waals surface area contributed by atoms with E-state index in [2.05, 4.69) is 31.5 Å². The Balaban J connectivity index is 3.60. The van der Waals surface area contributed by atoms with Gasteiger partial charge in [-0.05, 0) is 19.4 Å². The van der Waals surface area contributed by atoms with Crippen LogP contribution >= 0.6 is 0 Å². The highest BCUT2D eigenvalue weighted by Gasteiger charge is 2.05. The van der Waals surface area contributed by atoms with E-state index in [0.717, 1.165) is 19.6 Å². The van der Waals surface area contributed by atoms with Crippen LogP contribution in [0, 0.1) is 5.92 Å². The van der Waals surface area contributed by atoms with Crippen LogP contribution in [-0.4, -0.2) is 31.6 Å². The zero-order valence-electron chi connectivity index (χ0n) is 8.42. The topological polar surface area (TPSA) is 29.3 Å². The van der Waals surface area contributed by atoms with Gasteiger partial charge in [-0.25, -0.2) is 0 Å². The molecule has 0 fully saturated rings. The lowest BCUT2D eigenvalue weighted by Crippen LogP contribution is -2.29. The van der Waals surface area contributed by atoms with Crippen LogP contribution in [0.3, 0.4) is 0 Å². The van der Waals surface area contributed by atoms with Crippen molar-refractivity contribution in [2.45, 2.75) is 19.8 Å². The fourth-order valence-corrected chi connectivity index (χ4v) is 1.37. The Morgan fingerprint density at radius 1 is 1.58 bits per heavy atom. The minimum absolute atomic E-state index is 0.631. The third kappa shape index (κ3) is 5.33. The van der Waals surface area contributed by atoms with Gasteiger partial charge in [0.1, 0.15) is 0 Å². The molecule has 2 N–H and O–H groups in total. The van der Waals surface area contributed by atoms with Crippen LogP contribution in [-0.2, 0) is 0 Å². The summed E-state index contributed by atoms with van der Waals surface area (Å²) in [5.41, 5.74) is 5.45. The summed E-state index contributed by atoms with van der Waals surface area (Å²) in [5, 5.41) is 0. The second-order valence-corrected chi connectivity index (χ2v) is 3.34. The molecule has 0 bridgehead atoms. The van der Waals surface area contributed by atoms with Gasteiger partial charge in [-0.2, -0.15) is 0 Å². The molecule has 0 aliphatic heterocycles. The van der Waals surface area contributed by atoms with Crippen molar-refractivity contribution in [2.75, 3.05) is 26.7 Å². The number of rotatable bonds is 7. The van der Waals surface area contributed by atoms with E-state index in [1.165, 1.54) is 12.8 Å².